The lowest BCUT2D eigenvalue weighted by Crippen LogP contribution is -2.29. The normalized spacial score (nSPS) is 19.1. The number of aromatic hydroxyl groups is 1. The van der Waals surface area contributed by atoms with Gasteiger partial charge in [0.25, 0.3) is 11.7 Å². The zero-order valence-corrected chi connectivity index (χ0v) is 17.2. The molecule has 7 nitrogen and oxygen atoms in total. The third-order valence-electron chi connectivity index (χ3n) is 5.57. The number of aliphatic hydroxyl groups excluding tert-OH is 1. The number of aliphatic hydroxyl groups is 1. The molecule has 3 aromatic rings. The summed E-state index contributed by atoms with van der Waals surface area (Å²) in [5.74, 6) is -1.69. The van der Waals surface area contributed by atoms with Crippen LogP contribution in [0.15, 0.2) is 72.3 Å². The highest BCUT2D eigenvalue weighted by atomic mass is 19.1. The minimum atomic E-state index is -0.996. The Hall–Kier alpha value is -4.33. The van der Waals surface area contributed by atoms with Gasteiger partial charge in [-0.15, -0.1) is 0 Å². The molecule has 2 N–H and O–H groups in total. The highest BCUT2D eigenvalue weighted by Crippen LogP contribution is 2.43. The van der Waals surface area contributed by atoms with E-state index in [4.69, 9.17) is 9.47 Å². The van der Waals surface area contributed by atoms with Gasteiger partial charge in [0.05, 0.1) is 11.6 Å². The van der Waals surface area contributed by atoms with Gasteiger partial charge in [-0.3, -0.25) is 14.5 Å². The first-order valence-corrected chi connectivity index (χ1v) is 10.2. The maximum absolute atomic E-state index is 13.5. The van der Waals surface area contributed by atoms with E-state index < -0.39 is 23.5 Å². The Morgan fingerprint density at radius 2 is 1.58 bits per heavy atom. The Kier molecular flexibility index (Phi) is 4.97. The molecule has 2 aliphatic heterocycles. The number of nitrogens with zero attached hydrogens (tertiary/aromatic N) is 1. The van der Waals surface area contributed by atoms with Crippen molar-refractivity contribution in [3.63, 3.8) is 0 Å². The molecule has 0 aromatic heterocycles. The molecule has 0 saturated carbocycles. The number of Topliss-reactive ketones (excluding diaryl/α,β-unsaturated/α-hetero) is 1. The summed E-state index contributed by atoms with van der Waals surface area (Å²) in [7, 11) is 0. The number of halogens is 1. The number of carbonyl (C=O) groups is 2. The molecular formula is C25H18FNO6. The second-order valence-electron chi connectivity index (χ2n) is 7.60. The Morgan fingerprint density at radius 3 is 2.27 bits per heavy atom. The van der Waals surface area contributed by atoms with Crippen LogP contribution in [0.1, 0.15) is 17.2 Å². The number of benzene rings is 3. The summed E-state index contributed by atoms with van der Waals surface area (Å²) >= 11 is 0. The van der Waals surface area contributed by atoms with Gasteiger partial charge in [-0.2, -0.15) is 0 Å². The topological polar surface area (TPSA) is 96.3 Å². The average molecular weight is 447 g/mol. The van der Waals surface area contributed by atoms with Crippen molar-refractivity contribution in [1.29, 1.82) is 0 Å². The summed E-state index contributed by atoms with van der Waals surface area (Å²) in [5, 5.41) is 20.9. The molecule has 2 heterocycles. The Labute approximate surface area is 187 Å². The summed E-state index contributed by atoms with van der Waals surface area (Å²) in [6.07, 6.45) is 0. The number of ketones is 1. The smallest absolute Gasteiger partial charge is 0.300 e. The van der Waals surface area contributed by atoms with E-state index in [2.05, 4.69) is 0 Å². The quantitative estimate of drug-likeness (QED) is 0.359. The maximum Gasteiger partial charge on any atom is 0.300 e. The minimum Gasteiger partial charge on any atom is -0.508 e. The zero-order valence-electron chi connectivity index (χ0n) is 17.2. The average Bonchev–Trinajstić information content (AvgIpc) is 3.10. The number of anilines is 1. The van der Waals surface area contributed by atoms with E-state index >= 15 is 0 Å². The van der Waals surface area contributed by atoms with Crippen LogP contribution < -0.4 is 14.4 Å². The summed E-state index contributed by atoms with van der Waals surface area (Å²) in [6, 6.07) is 14.8. The van der Waals surface area contributed by atoms with Crippen LogP contribution in [-0.4, -0.2) is 35.1 Å². The van der Waals surface area contributed by atoms with E-state index in [1.165, 1.54) is 41.3 Å². The molecule has 1 saturated heterocycles. The number of ether oxygens (including phenoxy) is 2. The third-order valence-corrected chi connectivity index (χ3v) is 5.57. The maximum atomic E-state index is 13.5. The molecule has 8 heteroatoms. The van der Waals surface area contributed by atoms with Gasteiger partial charge in [0.15, 0.2) is 11.5 Å². The molecule has 1 amide bonds. The lowest BCUT2D eigenvalue weighted by Gasteiger charge is -2.25. The zero-order chi connectivity index (χ0) is 23.1. The SMILES string of the molecule is O=C1C(=O)N(c2ccc(F)cc2)C(c2ccc(O)cc2)/C1=C(/O)c1ccc2c(c1)OCCO2. The lowest BCUT2D eigenvalue weighted by molar-refractivity contribution is -0.132. The molecule has 0 spiro atoms. The fraction of sp³-hybridized carbons (Fsp3) is 0.120. The summed E-state index contributed by atoms with van der Waals surface area (Å²) in [4.78, 5) is 27.4. The van der Waals surface area contributed by atoms with Crippen LogP contribution in [0.2, 0.25) is 0 Å². The van der Waals surface area contributed by atoms with Crippen molar-refractivity contribution < 1.29 is 33.7 Å². The largest absolute Gasteiger partial charge is 0.508 e. The van der Waals surface area contributed by atoms with Crippen molar-refractivity contribution in [2.24, 2.45) is 0 Å². The van der Waals surface area contributed by atoms with Crippen LogP contribution in [0.25, 0.3) is 5.76 Å². The van der Waals surface area contributed by atoms with Crippen LogP contribution in [0.3, 0.4) is 0 Å². The van der Waals surface area contributed by atoms with Gasteiger partial charge < -0.3 is 19.7 Å². The number of hydrogen-bond donors (Lipinski definition) is 2. The van der Waals surface area contributed by atoms with E-state index in [1.54, 1.807) is 30.3 Å². The molecule has 0 bridgehead atoms. The summed E-state index contributed by atoms with van der Waals surface area (Å²) in [5.41, 5.74) is 0.917. The van der Waals surface area contributed by atoms with Gasteiger partial charge in [0.1, 0.15) is 30.5 Å². The van der Waals surface area contributed by atoms with Gasteiger partial charge >= 0.3 is 0 Å². The molecule has 166 valence electrons. The number of phenolic OH excluding ortho intramolecular Hbond substituents is 1. The molecule has 0 radical (unpaired) electrons. The van der Waals surface area contributed by atoms with Crippen LogP contribution in [0, 0.1) is 5.82 Å². The van der Waals surface area contributed by atoms with Crippen molar-refractivity contribution in [1.82, 2.24) is 0 Å². The van der Waals surface area contributed by atoms with Crippen LogP contribution in [0.5, 0.6) is 17.2 Å². The number of phenols is 1. The molecule has 3 aromatic carbocycles. The number of fused-ring (bicyclic) bond motifs is 1. The van der Waals surface area contributed by atoms with Crippen molar-refractivity contribution in [3.8, 4) is 17.2 Å². The fourth-order valence-corrected chi connectivity index (χ4v) is 4.02. The highest BCUT2D eigenvalue weighted by molar-refractivity contribution is 6.51. The molecule has 1 unspecified atom stereocenters. The van der Waals surface area contributed by atoms with E-state index in [0.717, 1.165) is 0 Å². The van der Waals surface area contributed by atoms with Gasteiger partial charge in [-0.05, 0) is 60.2 Å². The second-order valence-corrected chi connectivity index (χ2v) is 7.60. The molecule has 0 aliphatic carbocycles. The fourth-order valence-electron chi connectivity index (χ4n) is 4.02. The van der Waals surface area contributed by atoms with Crippen LogP contribution >= 0.6 is 0 Å². The Morgan fingerprint density at radius 1 is 0.909 bits per heavy atom. The standard InChI is InChI=1S/C25H18FNO6/c26-16-4-6-17(7-5-16)27-22(14-1-8-18(28)9-2-14)21(24(30)25(27)31)23(29)15-3-10-19-20(13-15)33-12-11-32-19/h1-10,13,22,28-29H,11-12H2/b23-21-. The molecule has 2 aliphatic rings. The van der Waals surface area contributed by atoms with E-state index in [9.17, 15) is 24.2 Å². The molecule has 5 rings (SSSR count). The molecule has 1 fully saturated rings. The number of carbonyl (C=O) groups excluding carboxylic acids is 2. The predicted octanol–water partition coefficient (Wildman–Crippen LogP) is 3.93. The minimum absolute atomic E-state index is 0.00400. The Balaban J connectivity index is 1.68. The number of rotatable bonds is 3. The number of amides is 1. The predicted molar refractivity (Wildman–Crippen MR) is 117 cm³/mol. The summed E-state index contributed by atoms with van der Waals surface area (Å²) in [6.45, 7) is 0.752. The number of hydrogen-bond acceptors (Lipinski definition) is 6. The van der Waals surface area contributed by atoms with Crippen LogP contribution in [-0.2, 0) is 9.59 Å². The van der Waals surface area contributed by atoms with Crippen molar-refractivity contribution in [2.45, 2.75) is 6.04 Å². The van der Waals surface area contributed by atoms with Crippen molar-refractivity contribution >= 4 is 23.1 Å². The van der Waals surface area contributed by atoms with Gasteiger partial charge in [-0.25, -0.2) is 4.39 Å². The third kappa shape index (κ3) is 3.55. The van der Waals surface area contributed by atoms with Gasteiger partial charge in [0, 0.05) is 11.3 Å². The van der Waals surface area contributed by atoms with E-state index in [0.29, 0.717) is 30.3 Å². The van der Waals surface area contributed by atoms with E-state index in [1.807, 2.05) is 0 Å². The van der Waals surface area contributed by atoms with E-state index in [-0.39, 0.29) is 28.3 Å². The first-order valence-electron chi connectivity index (χ1n) is 10.2. The molecule has 33 heavy (non-hydrogen) atoms. The first-order chi connectivity index (χ1) is 15.9. The van der Waals surface area contributed by atoms with Crippen molar-refractivity contribution in [3.05, 3.63) is 89.2 Å². The van der Waals surface area contributed by atoms with Gasteiger partial charge in [-0.1, -0.05) is 12.1 Å². The van der Waals surface area contributed by atoms with Crippen LogP contribution in [0.4, 0.5) is 10.1 Å². The second kappa shape index (κ2) is 7.98. The molecular weight excluding hydrogens is 429 g/mol. The monoisotopic (exact) mass is 447 g/mol. The summed E-state index contributed by atoms with van der Waals surface area (Å²) < 4.78 is 24.6. The van der Waals surface area contributed by atoms with Crippen molar-refractivity contribution in [2.75, 3.05) is 18.1 Å². The van der Waals surface area contributed by atoms with Gasteiger partial charge in [0.2, 0.25) is 0 Å². The molecule has 1 atom stereocenters. The Bertz CT molecular complexity index is 1280. The first kappa shape index (κ1) is 20.6. The lowest BCUT2D eigenvalue weighted by atomic mass is 9.95. The highest BCUT2D eigenvalue weighted by Gasteiger charge is 2.47.